The monoisotopic (exact) mass is 419 g/mol. The molecule has 2 aromatic carbocycles. The van der Waals surface area contributed by atoms with Gasteiger partial charge in [-0.15, -0.1) is 0 Å². The van der Waals surface area contributed by atoms with Crippen molar-refractivity contribution in [1.82, 2.24) is 16.2 Å². The van der Waals surface area contributed by atoms with Crippen molar-refractivity contribution in [3.8, 4) is 11.5 Å². The molecule has 9 heteroatoms. The summed E-state index contributed by atoms with van der Waals surface area (Å²) in [6, 6.07) is 14.0. The number of benzene rings is 2. The van der Waals surface area contributed by atoms with E-state index in [4.69, 9.17) is 33.3 Å². The van der Waals surface area contributed by atoms with Gasteiger partial charge in [0.05, 0.1) is 12.1 Å². The molecule has 3 N–H and O–H groups in total. The Labute approximate surface area is 172 Å². The van der Waals surface area contributed by atoms with Gasteiger partial charge in [-0.2, -0.15) is 0 Å². The number of methoxy groups -OCH3 is 1. The summed E-state index contributed by atoms with van der Waals surface area (Å²) in [7, 11) is 1.55. The predicted octanol–water partition coefficient (Wildman–Crippen LogP) is 2.46. The minimum atomic E-state index is -0.499. The van der Waals surface area contributed by atoms with Crippen LogP contribution in [0.5, 0.6) is 11.5 Å². The molecule has 2 aromatic rings. The Morgan fingerprint density at radius 3 is 2.46 bits per heavy atom. The smallest absolute Gasteiger partial charge is 0.276 e. The third kappa shape index (κ3) is 6.90. The number of thiocarbonyl (C=S) groups is 1. The van der Waals surface area contributed by atoms with Gasteiger partial charge in [-0.3, -0.25) is 25.8 Å². The molecule has 2 amide bonds. The Hall–Kier alpha value is -3.10. The number of carbonyl (C=O) groups is 2. The summed E-state index contributed by atoms with van der Waals surface area (Å²) in [4.78, 5) is 23.7. The molecule has 0 spiro atoms. The minimum absolute atomic E-state index is 0.0687. The molecule has 0 radical (unpaired) electrons. The zero-order valence-electron chi connectivity index (χ0n) is 14.9. The van der Waals surface area contributed by atoms with E-state index in [1.54, 1.807) is 49.6 Å². The molecule has 146 valence electrons. The van der Waals surface area contributed by atoms with E-state index in [1.165, 1.54) is 6.08 Å². The number of halogens is 1. The number of amides is 2. The fourth-order valence-corrected chi connectivity index (χ4v) is 2.36. The summed E-state index contributed by atoms with van der Waals surface area (Å²) in [5, 5.41) is 2.73. The molecule has 0 aliphatic heterocycles. The molecule has 0 bridgehead atoms. The lowest BCUT2D eigenvalue weighted by Crippen LogP contribution is -2.49. The SMILES string of the molecule is COc1ccccc1C=CC(=O)NC(=S)NNC(=O)COc1ccccc1Cl. The number of nitrogens with one attached hydrogen (secondary N) is 3. The zero-order chi connectivity index (χ0) is 20.4. The lowest BCUT2D eigenvalue weighted by molar-refractivity contribution is -0.123. The van der Waals surface area contributed by atoms with E-state index >= 15 is 0 Å². The second-order valence-electron chi connectivity index (χ2n) is 5.29. The summed E-state index contributed by atoms with van der Waals surface area (Å²) < 4.78 is 10.5. The van der Waals surface area contributed by atoms with Gasteiger partial charge in [-0.1, -0.05) is 41.9 Å². The van der Waals surface area contributed by atoms with Gasteiger partial charge >= 0.3 is 0 Å². The van der Waals surface area contributed by atoms with Gasteiger partial charge in [0.2, 0.25) is 5.91 Å². The van der Waals surface area contributed by atoms with Gasteiger partial charge in [0, 0.05) is 11.6 Å². The largest absolute Gasteiger partial charge is 0.496 e. The van der Waals surface area contributed by atoms with Crippen LogP contribution in [0.1, 0.15) is 5.56 Å². The number of hydrogen-bond acceptors (Lipinski definition) is 5. The third-order valence-electron chi connectivity index (χ3n) is 3.30. The van der Waals surface area contributed by atoms with Gasteiger partial charge in [-0.05, 0) is 36.5 Å². The number of carbonyl (C=O) groups excluding carboxylic acids is 2. The van der Waals surface area contributed by atoms with E-state index in [-0.39, 0.29) is 11.7 Å². The zero-order valence-corrected chi connectivity index (χ0v) is 16.5. The second-order valence-corrected chi connectivity index (χ2v) is 6.10. The number of rotatable bonds is 6. The first kappa shape index (κ1) is 21.2. The Morgan fingerprint density at radius 2 is 1.75 bits per heavy atom. The lowest BCUT2D eigenvalue weighted by atomic mass is 10.2. The molecule has 7 nitrogen and oxygen atoms in total. The molecule has 0 aromatic heterocycles. The first-order chi connectivity index (χ1) is 13.5. The Morgan fingerprint density at radius 1 is 1.07 bits per heavy atom. The molecule has 28 heavy (non-hydrogen) atoms. The second kappa shape index (κ2) is 10.9. The summed E-state index contributed by atoms with van der Waals surface area (Å²) in [6.07, 6.45) is 2.89. The van der Waals surface area contributed by atoms with Crippen LogP contribution >= 0.6 is 23.8 Å². The van der Waals surface area contributed by atoms with Crippen LogP contribution in [0.3, 0.4) is 0 Å². The minimum Gasteiger partial charge on any atom is -0.496 e. The summed E-state index contributed by atoms with van der Waals surface area (Å²) >= 11 is 10.9. The Balaban J connectivity index is 1.74. The third-order valence-corrected chi connectivity index (χ3v) is 3.82. The highest BCUT2D eigenvalue weighted by Gasteiger charge is 2.07. The number of hydrazine groups is 1. The van der Waals surface area contributed by atoms with E-state index in [0.29, 0.717) is 16.5 Å². The molecule has 0 atom stereocenters. The molecule has 0 fully saturated rings. The van der Waals surface area contributed by atoms with Crippen molar-refractivity contribution in [2.45, 2.75) is 0 Å². The van der Waals surface area contributed by atoms with Crippen molar-refractivity contribution in [1.29, 1.82) is 0 Å². The van der Waals surface area contributed by atoms with Gasteiger partial charge < -0.3 is 9.47 Å². The summed E-state index contributed by atoms with van der Waals surface area (Å²) in [5.41, 5.74) is 5.47. The molecule has 0 heterocycles. The van der Waals surface area contributed by atoms with Gasteiger partial charge in [-0.25, -0.2) is 0 Å². The van der Waals surface area contributed by atoms with Crippen LogP contribution in [0.25, 0.3) is 6.08 Å². The van der Waals surface area contributed by atoms with Crippen molar-refractivity contribution in [2.24, 2.45) is 0 Å². The Bertz CT molecular complexity index is 889. The van der Waals surface area contributed by atoms with Crippen LogP contribution in [0.2, 0.25) is 5.02 Å². The number of para-hydroxylation sites is 2. The van der Waals surface area contributed by atoms with Gasteiger partial charge in [0.15, 0.2) is 11.7 Å². The normalized spacial score (nSPS) is 10.2. The van der Waals surface area contributed by atoms with E-state index in [0.717, 1.165) is 5.56 Å². The van der Waals surface area contributed by atoms with E-state index in [9.17, 15) is 9.59 Å². The number of hydrogen-bond donors (Lipinski definition) is 3. The molecule has 0 aliphatic rings. The van der Waals surface area contributed by atoms with Crippen LogP contribution in [-0.4, -0.2) is 30.6 Å². The van der Waals surface area contributed by atoms with Crippen molar-refractivity contribution < 1.29 is 19.1 Å². The van der Waals surface area contributed by atoms with Crippen LogP contribution < -0.4 is 25.6 Å². The van der Waals surface area contributed by atoms with Crippen molar-refractivity contribution in [3.63, 3.8) is 0 Å². The maximum absolute atomic E-state index is 11.9. The number of ether oxygens (including phenoxy) is 2. The molecular weight excluding hydrogens is 402 g/mol. The average Bonchev–Trinajstić information content (AvgIpc) is 2.70. The van der Waals surface area contributed by atoms with Gasteiger partial charge in [0.1, 0.15) is 11.5 Å². The first-order valence-corrected chi connectivity index (χ1v) is 8.86. The lowest BCUT2D eigenvalue weighted by Gasteiger charge is -2.11. The van der Waals surface area contributed by atoms with Crippen LogP contribution in [0, 0.1) is 0 Å². The van der Waals surface area contributed by atoms with Gasteiger partial charge in [0.25, 0.3) is 5.91 Å². The highest BCUT2D eigenvalue weighted by atomic mass is 35.5. The fourth-order valence-electron chi connectivity index (χ4n) is 2.02. The average molecular weight is 420 g/mol. The van der Waals surface area contributed by atoms with Crippen molar-refractivity contribution in [3.05, 3.63) is 65.2 Å². The fraction of sp³-hybridized carbons (Fsp3) is 0.105. The predicted molar refractivity (Wildman–Crippen MR) is 111 cm³/mol. The molecule has 0 saturated heterocycles. The summed E-state index contributed by atoms with van der Waals surface area (Å²) in [6.45, 7) is -0.277. The van der Waals surface area contributed by atoms with Crippen LogP contribution in [0.15, 0.2) is 54.6 Å². The molecule has 0 unspecified atom stereocenters. The standard InChI is InChI=1S/C19H18ClN3O4S/c1-26-15-8-4-2-6-13(15)10-11-17(24)21-19(28)23-22-18(25)12-27-16-9-5-3-7-14(16)20/h2-11H,12H2,1H3,(H,22,25)(H2,21,23,24,28). The highest BCUT2D eigenvalue weighted by molar-refractivity contribution is 7.80. The molecule has 2 rings (SSSR count). The van der Waals surface area contributed by atoms with Crippen molar-refractivity contribution in [2.75, 3.05) is 13.7 Å². The van der Waals surface area contributed by atoms with E-state index in [1.807, 2.05) is 12.1 Å². The highest BCUT2D eigenvalue weighted by Crippen LogP contribution is 2.22. The summed E-state index contributed by atoms with van der Waals surface area (Å²) in [5.74, 6) is 0.0563. The topological polar surface area (TPSA) is 88.7 Å². The van der Waals surface area contributed by atoms with E-state index < -0.39 is 11.8 Å². The molecular formula is C19H18ClN3O4S. The van der Waals surface area contributed by atoms with Crippen molar-refractivity contribution >= 4 is 46.8 Å². The Kier molecular flexibility index (Phi) is 8.26. The molecule has 0 saturated carbocycles. The quantitative estimate of drug-likeness (QED) is 0.378. The van der Waals surface area contributed by atoms with Crippen LogP contribution in [0.4, 0.5) is 0 Å². The van der Waals surface area contributed by atoms with Crippen LogP contribution in [-0.2, 0) is 9.59 Å². The maximum atomic E-state index is 11.9. The first-order valence-electron chi connectivity index (χ1n) is 8.08. The molecule has 0 aliphatic carbocycles. The maximum Gasteiger partial charge on any atom is 0.276 e. The van der Waals surface area contributed by atoms with E-state index in [2.05, 4.69) is 16.2 Å².